The second-order valence-electron chi connectivity index (χ2n) is 12.5. The number of hydrogen-bond acceptors (Lipinski definition) is 4. The van der Waals surface area contributed by atoms with Crippen LogP contribution in [0.1, 0.15) is 134 Å². The van der Waals surface area contributed by atoms with Crippen LogP contribution in [0.4, 0.5) is 0 Å². The molecule has 5 rings (SSSR count). The SMILES string of the molecule is CCCCCCOCC1=C(C)c2cc3nc(c(C)c4[nH]c(cc5[nH]c(cc1n2)c(C)c5CC)c(C)c4C(=O)O)[C@@H](CC)[C@@H]3C. The predicted molar refractivity (Wildman–Crippen MR) is 180 cm³/mol. The van der Waals surface area contributed by atoms with E-state index < -0.39 is 5.97 Å². The van der Waals surface area contributed by atoms with Crippen LogP contribution in [0.2, 0.25) is 0 Å². The third kappa shape index (κ3) is 5.74. The van der Waals surface area contributed by atoms with Crippen LogP contribution < -0.4 is 0 Å². The number of allylic oxidation sites excluding steroid dienone is 1. The number of unbranched alkanes of at least 4 members (excludes halogenated alkanes) is 3. The van der Waals surface area contributed by atoms with Gasteiger partial charge < -0.3 is 19.8 Å². The summed E-state index contributed by atoms with van der Waals surface area (Å²) in [7, 11) is 0. The number of rotatable bonds is 10. The highest BCUT2D eigenvalue weighted by molar-refractivity contribution is 6.02. The standard InChI is InChI=1S/C37H48N4O3/c1-9-12-13-14-15-44-19-27-22(6)28-16-30-21(5)26(11-3)35(40-30)24(8)36-34(37(42)43)23(7)31(41-36)18-32-25(10-2)20(4)29(38-32)17-33(27)39-28/h16-18,21,26,38,41H,9-15,19H2,1-8H3,(H,42,43)/t21-,26-/m0/s1. The molecule has 0 spiro atoms. The first-order valence-electron chi connectivity index (χ1n) is 16.4. The lowest BCUT2D eigenvalue weighted by Gasteiger charge is -2.14. The zero-order valence-corrected chi connectivity index (χ0v) is 27.7. The average Bonchev–Trinajstić information content (AvgIpc) is 3.68. The lowest BCUT2D eigenvalue weighted by molar-refractivity contribution is 0.0698. The van der Waals surface area contributed by atoms with Gasteiger partial charge in [-0.1, -0.05) is 47.0 Å². The number of carboxylic acids is 1. The summed E-state index contributed by atoms with van der Waals surface area (Å²) in [6.45, 7) is 18.2. The Morgan fingerprint density at radius 3 is 2.32 bits per heavy atom. The van der Waals surface area contributed by atoms with E-state index in [1.54, 1.807) is 0 Å². The Morgan fingerprint density at radius 2 is 1.64 bits per heavy atom. The smallest absolute Gasteiger partial charge is 0.338 e. The van der Waals surface area contributed by atoms with Crippen molar-refractivity contribution in [3.63, 3.8) is 0 Å². The Labute approximate surface area is 261 Å². The molecule has 0 aromatic carbocycles. The Balaban J connectivity index is 1.83. The molecule has 2 aliphatic rings. The number of fused-ring (bicyclic) bond motifs is 8. The molecule has 5 heterocycles. The van der Waals surface area contributed by atoms with Crippen molar-refractivity contribution in [2.45, 2.75) is 106 Å². The Morgan fingerprint density at radius 1 is 0.886 bits per heavy atom. The predicted octanol–water partition coefficient (Wildman–Crippen LogP) is 9.33. The number of aryl methyl sites for hydroxylation is 4. The first-order valence-corrected chi connectivity index (χ1v) is 16.4. The first-order chi connectivity index (χ1) is 21.1. The summed E-state index contributed by atoms with van der Waals surface area (Å²) in [5, 5.41) is 10.3. The summed E-state index contributed by atoms with van der Waals surface area (Å²) < 4.78 is 6.22. The summed E-state index contributed by atoms with van der Waals surface area (Å²) in [6.07, 6.45) is 6.45. The molecule has 7 heteroatoms. The van der Waals surface area contributed by atoms with Crippen LogP contribution in [0.15, 0.2) is 18.2 Å². The van der Waals surface area contributed by atoms with Gasteiger partial charge in [-0.25, -0.2) is 9.78 Å². The fourth-order valence-electron chi connectivity index (χ4n) is 6.97. The molecule has 2 atom stereocenters. The van der Waals surface area contributed by atoms with Gasteiger partial charge in [0.15, 0.2) is 0 Å². The second-order valence-corrected chi connectivity index (χ2v) is 12.5. The maximum atomic E-state index is 12.6. The van der Waals surface area contributed by atoms with E-state index in [1.807, 2.05) is 13.8 Å². The average molecular weight is 597 g/mol. The quantitative estimate of drug-likeness (QED) is 0.202. The molecule has 7 nitrogen and oxygen atoms in total. The highest BCUT2D eigenvalue weighted by Crippen LogP contribution is 2.42. The Bertz CT molecular complexity index is 1770. The van der Waals surface area contributed by atoms with Crippen molar-refractivity contribution >= 4 is 39.2 Å². The van der Waals surface area contributed by atoms with E-state index in [2.05, 4.69) is 69.7 Å². The highest BCUT2D eigenvalue weighted by atomic mass is 16.5. The number of H-pyrrole nitrogens is 2. The number of carbonyl (C=O) groups is 1. The van der Waals surface area contributed by atoms with Gasteiger partial charge >= 0.3 is 5.97 Å². The summed E-state index contributed by atoms with van der Waals surface area (Å²) in [5.41, 5.74) is 13.7. The largest absolute Gasteiger partial charge is 0.478 e. The fraction of sp³-hybridized carbons (Fsp3) is 0.486. The minimum Gasteiger partial charge on any atom is -0.478 e. The molecule has 3 N–H and O–H groups in total. The van der Waals surface area contributed by atoms with Gasteiger partial charge in [0, 0.05) is 52.0 Å². The topological polar surface area (TPSA) is 104 Å². The van der Waals surface area contributed by atoms with Crippen LogP contribution in [-0.2, 0) is 11.2 Å². The van der Waals surface area contributed by atoms with E-state index in [1.165, 1.54) is 30.4 Å². The minimum absolute atomic E-state index is 0.178. The Kier molecular flexibility index (Phi) is 9.45. The van der Waals surface area contributed by atoms with Crippen LogP contribution in [-0.4, -0.2) is 44.2 Å². The van der Waals surface area contributed by atoms with Gasteiger partial charge in [0.05, 0.1) is 29.1 Å². The monoisotopic (exact) mass is 596 g/mol. The molecule has 3 aromatic heterocycles. The number of aromatic amines is 2. The molecule has 234 valence electrons. The van der Waals surface area contributed by atoms with E-state index in [4.69, 9.17) is 14.7 Å². The molecular formula is C37H48N4O3. The van der Waals surface area contributed by atoms with Gasteiger partial charge in [0.25, 0.3) is 0 Å². The molecular weight excluding hydrogens is 548 g/mol. The van der Waals surface area contributed by atoms with Crippen LogP contribution in [0, 0.1) is 20.8 Å². The van der Waals surface area contributed by atoms with Gasteiger partial charge in [0.2, 0.25) is 0 Å². The molecule has 0 fully saturated rings. The maximum absolute atomic E-state index is 12.6. The number of nitrogens with zero attached hydrogens (tertiary/aromatic N) is 2. The third-order valence-electron chi connectivity index (χ3n) is 9.81. The van der Waals surface area contributed by atoms with Gasteiger partial charge in [-0.05, 0) is 93.0 Å². The van der Waals surface area contributed by atoms with Crippen molar-refractivity contribution in [2.75, 3.05) is 13.2 Å². The molecule has 0 saturated carbocycles. The lowest BCUT2D eigenvalue weighted by Crippen LogP contribution is -2.03. The highest BCUT2D eigenvalue weighted by Gasteiger charge is 2.31. The number of carboxylic acid groups (broad SMARTS) is 1. The van der Waals surface area contributed by atoms with Crippen LogP contribution in [0.3, 0.4) is 0 Å². The normalized spacial score (nSPS) is 16.6. The van der Waals surface area contributed by atoms with E-state index in [-0.39, 0.29) is 11.8 Å². The van der Waals surface area contributed by atoms with Crippen molar-refractivity contribution in [2.24, 2.45) is 0 Å². The van der Waals surface area contributed by atoms with E-state index in [0.29, 0.717) is 17.7 Å². The minimum atomic E-state index is -0.933. The summed E-state index contributed by atoms with van der Waals surface area (Å²) in [4.78, 5) is 30.1. The number of nitrogens with one attached hydrogen (secondary N) is 2. The molecule has 2 aliphatic heterocycles. The number of aromatic nitrogens is 4. The van der Waals surface area contributed by atoms with Crippen molar-refractivity contribution in [3.8, 4) is 0 Å². The third-order valence-corrected chi connectivity index (χ3v) is 9.81. The summed E-state index contributed by atoms with van der Waals surface area (Å²) >= 11 is 0. The zero-order valence-electron chi connectivity index (χ0n) is 27.7. The summed E-state index contributed by atoms with van der Waals surface area (Å²) in [5.74, 6) is -0.572. The number of aromatic carboxylic acids is 1. The van der Waals surface area contributed by atoms with Gasteiger partial charge in [0.1, 0.15) is 0 Å². The maximum Gasteiger partial charge on any atom is 0.338 e. The van der Waals surface area contributed by atoms with Crippen molar-refractivity contribution in [1.29, 1.82) is 0 Å². The van der Waals surface area contributed by atoms with Gasteiger partial charge in [-0.15, -0.1) is 0 Å². The molecule has 44 heavy (non-hydrogen) atoms. The molecule has 0 radical (unpaired) electrons. The fourth-order valence-corrected chi connectivity index (χ4v) is 6.97. The van der Waals surface area contributed by atoms with Crippen molar-refractivity contribution in [3.05, 3.63) is 68.8 Å². The molecule has 3 aromatic rings. The zero-order chi connectivity index (χ0) is 31.7. The van der Waals surface area contributed by atoms with Gasteiger partial charge in [-0.2, -0.15) is 0 Å². The van der Waals surface area contributed by atoms with Crippen LogP contribution >= 0.6 is 0 Å². The Hall–Kier alpha value is -3.71. The van der Waals surface area contributed by atoms with E-state index >= 15 is 0 Å². The molecule has 0 amide bonds. The van der Waals surface area contributed by atoms with Gasteiger partial charge in [-0.3, -0.25) is 4.98 Å². The molecule has 0 saturated heterocycles. The summed E-state index contributed by atoms with van der Waals surface area (Å²) in [6, 6.07) is 6.35. The number of hydrogen-bond donors (Lipinski definition) is 3. The van der Waals surface area contributed by atoms with Crippen LogP contribution in [0.25, 0.3) is 33.2 Å². The van der Waals surface area contributed by atoms with Crippen LogP contribution in [0.5, 0.6) is 0 Å². The van der Waals surface area contributed by atoms with Crippen molar-refractivity contribution in [1.82, 2.24) is 19.9 Å². The number of ether oxygens (including phenoxy) is 1. The lowest BCUT2D eigenvalue weighted by atomic mass is 9.87. The molecule has 8 bridgehead atoms. The van der Waals surface area contributed by atoms with E-state index in [9.17, 15) is 9.90 Å². The first kappa shape index (κ1) is 31.7. The molecule has 0 aliphatic carbocycles. The second kappa shape index (κ2) is 13.1. The van der Waals surface area contributed by atoms with Crippen molar-refractivity contribution < 1.29 is 14.6 Å². The van der Waals surface area contributed by atoms with E-state index in [0.717, 1.165) is 87.5 Å². The molecule has 0 unspecified atom stereocenters.